The Morgan fingerprint density at radius 3 is 2.67 bits per heavy atom. The van der Waals surface area contributed by atoms with Crippen LogP contribution in [0.1, 0.15) is 33.1 Å². The van der Waals surface area contributed by atoms with Crippen molar-refractivity contribution in [1.82, 2.24) is 0 Å². The summed E-state index contributed by atoms with van der Waals surface area (Å²) in [5, 5.41) is 3.73. The molecule has 9 heavy (non-hydrogen) atoms. The first kappa shape index (κ1) is 8.47. The lowest BCUT2D eigenvalue weighted by molar-refractivity contribution is 0.146. The van der Waals surface area contributed by atoms with Gasteiger partial charge in [-0.15, -0.1) is 0 Å². The number of hydrogen-bond donors (Lipinski definition) is 0. The maximum Gasteiger partial charge on any atom is 0.116 e. The fraction of sp³-hybridized carbons (Fsp3) is 0.857. The fourth-order valence-corrected chi connectivity index (χ4v) is 0.379. The van der Waals surface area contributed by atoms with Crippen molar-refractivity contribution >= 4 is 6.21 Å². The van der Waals surface area contributed by atoms with Gasteiger partial charge in [0.05, 0.1) is 0 Å². The number of rotatable bonds is 5. The molecule has 0 N–H and O–H groups in total. The molecule has 0 aliphatic carbocycles. The summed E-state index contributed by atoms with van der Waals surface area (Å²) in [7, 11) is 0. The Bertz CT molecular complexity index is 71.3. The van der Waals surface area contributed by atoms with E-state index in [0.717, 1.165) is 25.9 Å². The Hall–Kier alpha value is -0.530. The summed E-state index contributed by atoms with van der Waals surface area (Å²) >= 11 is 0. The van der Waals surface area contributed by atoms with Crippen LogP contribution in [0.15, 0.2) is 5.16 Å². The van der Waals surface area contributed by atoms with Crippen molar-refractivity contribution in [2.24, 2.45) is 5.16 Å². The van der Waals surface area contributed by atoms with Gasteiger partial charge in [0, 0.05) is 6.21 Å². The second-order valence-electron chi connectivity index (χ2n) is 1.91. The maximum atomic E-state index is 4.85. The van der Waals surface area contributed by atoms with Crippen molar-refractivity contribution in [3.05, 3.63) is 0 Å². The Balaban J connectivity index is 2.86. The van der Waals surface area contributed by atoms with E-state index in [-0.39, 0.29) is 0 Å². The van der Waals surface area contributed by atoms with Crippen LogP contribution in [0.2, 0.25) is 0 Å². The van der Waals surface area contributed by atoms with Crippen LogP contribution in [0.4, 0.5) is 0 Å². The first-order chi connectivity index (χ1) is 4.41. The van der Waals surface area contributed by atoms with Crippen LogP contribution in [0, 0.1) is 0 Å². The molecule has 0 aromatic heterocycles. The third-order valence-electron chi connectivity index (χ3n) is 0.862. The van der Waals surface area contributed by atoms with Crippen molar-refractivity contribution < 1.29 is 4.84 Å². The predicted octanol–water partition coefficient (Wildman–Crippen LogP) is 2.20. The van der Waals surface area contributed by atoms with Crippen LogP contribution >= 0.6 is 0 Å². The average Bonchev–Trinajstić information content (AvgIpc) is 1.89. The van der Waals surface area contributed by atoms with E-state index in [1.807, 2.05) is 6.21 Å². The zero-order valence-electron chi connectivity index (χ0n) is 6.26. The van der Waals surface area contributed by atoms with E-state index in [0.29, 0.717) is 0 Å². The molecule has 0 saturated carbocycles. The van der Waals surface area contributed by atoms with Gasteiger partial charge in [-0.2, -0.15) is 0 Å². The molecule has 0 amide bonds. The Morgan fingerprint density at radius 2 is 2.11 bits per heavy atom. The van der Waals surface area contributed by atoms with E-state index in [1.165, 1.54) is 0 Å². The summed E-state index contributed by atoms with van der Waals surface area (Å²) in [6.45, 7) is 4.92. The minimum atomic E-state index is 0.736. The standard InChI is InChI=1S/C7H15NO/c1-3-5-6-8-9-7-4-2/h6H,3-5,7H2,1-2H3. The fourth-order valence-electron chi connectivity index (χ4n) is 0.379. The van der Waals surface area contributed by atoms with Crippen molar-refractivity contribution in [1.29, 1.82) is 0 Å². The summed E-state index contributed by atoms with van der Waals surface area (Å²) in [6.07, 6.45) is 5.00. The van der Waals surface area contributed by atoms with Crippen molar-refractivity contribution in [2.75, 3.05) is 6.61 Å². The lowest BCUT2D eigenvalue weighted by Gasteiger charge is -1.91. The molecule has 0 spiro atoms. The zero-order chi connectivity index (χ0) is 6.95. The highest BCUT2D eigenvalue weighted by Crippen LogP contribution is 1.83. The van der Waals surface area contributed by atoms with Crippen LogP contribution in [-0.4, -0.2) is 12.8 Å². The molecular weight excluding hydrogens is 114 g/mol. The van der Waals surface area contributed by atoms with Gasteiger partial charge in [0.1, 0.15) is 6.61 Å². The van der Waals surface area contributed by atoms with Crippen molar-refractivity contribution in [2.45, 2.75) is 33.1 Å². The van der Waals surface area contributed by atoms with Gasteiger partial charge in [-0.05, 0) is 12.8 Å². The van der Waals surface area contributed by atoms with Crippen LogP contribution in [0.25, 0.3) is 0 Å². The summed E-state index contributed by atoms with van der Waals surface area (Å²) in [5.74, 6) is 0. The molecular formula is C7H15NO. The minimum Gasteiger partial charge on any atom is -0.396 e. The van der Waals surface area contributed by atoms with Crippen LogP contribution in [-0.2, 0) is 4.84 Å². The van der Waals surface area contributed by atoms with Gasteiger partial charge >= 0.3 is 0 Å². The van der Waals surface area contributed by atoms with Gasteiger partial charge in [0.2, 0.25) is 0 Å². The lowest BCUT2D eigenvalue weighted by Crippen LogP contribution is -1.84. The average molecular weight is 129 g/mol. The molecule has 0 fully saturated rings. The van der Waals surface area contributed by atoms with Gasteiger partial charge < -0.3 is 4.84 Å². The molecule has 0 radical (unpaired) electrons. The molecule has 54 valence electrons. The Kier molecular flexibility index (Phi) is 7.03. The first-order valence-electron chi connectivity index (χ1n) is 3.55. The van der Waals surface area contributed by atoms with Gasteiger partial charge in [0.15, 0.2) is 0 Å². The third-order valence-corrected chi connectivity index (χ3v) is 0.862. The highest BCUT2D eigenvalue weighted by Gasteiger charge is 1.75. The third kappa shape index (κ3) is 7.47. The highest BCUT2D eigenvalue weighted by atomic mass is 16.6. The van der Waals surface area contributed by atoms with Crippen LogP contribution < -0.4 is 0 Å². The van der Waals surface area contributed by atoms with Gasteiger partial charge in [-0.25, -0.2) is 0 Å². The van der Waals surface area contributed by atoms with E-state index < -0.39 is 0 Å². The molecule has 0 aliphatic rings. The van der Waals surface area contributed by atoms with Crippen LogP contribution in [0.3, 0.4) is 0 Å². The van der Waals surface area contributed by atoms with E-state index in [4.69, 9.17) is 4.84 Å². The van der Waals surface area contributed by atoms with E-state index in [1.54, 1.807) is 0 Å². The number of nitrogens with zero attached hydrogens (tertiary/aromatic N) is 1. The number of unbranched alkanes of at least 4 members (excludes halogenated alkanes) is 1. The van der Waals surface area contributed by atoms with E-state index >= 15 is 0 Å². The second-order valence-corrected chi connectivity index (χ2v) is 1.91. The van der Waals surface area contributed by atoms with E-state index in [9.17, 15) is 0 Å². The molecule has 0 aromatic carbocycles. The molecule has 0 aromatic rings. The normalized spacial score (nSPS) is 10.4. The number of hydrogen-bond acceptors (Lipinski definition) is 2. The largest absolute Gasteiger partial charge is 0.396 e. The minimum absolute atomic E-state index is 0.736. The molecule has 2 nitrogen and oxygen atoms in total. The first-order valence-corrected chi connectivity index (χ1v) is 3.55. The highest BCUT2D eigenvalue weighted by molar-refractivity contribution is 5.55. The summed E-state index contributed by atoms with van der Waals surface area (Å²) in [4.78, 5) is 4.85. The Labute approximate surface area is 56.9 Å². The van der Waals surface area contributed by atoms with Gasteiger partial charge in [0.25, 0.3) is 0 Å². The maximum absolute atomic E-state index is 4.85. The molecule has 0 atom stereocenters. The molecule has 0 saturated heterocycles. The smallest absolute Gasteiger partial charge is 0.116 e. The second kappa shape index (κ2) is 7.47. The quantitative estimate of drug-likeness (QED) is 0.317. The van der Waals surface area contributed by atoms with Crippen LogP contribution in [0.5, 0.6) is 0 Å². The molecule has 0 unspecified atom stereocenters. The van der Waals surface area contributed by atoms with Gasteiger partial charge in [-0.3, -0.25) is 0 Å². The SMILES string of the molecule is CCCC=NOCCC. The molecule has 0 aliphatic heterocycles. The topological polar surface area (TPSA) is 21.6 Å². The summed E-state index contributed by atoms with van der Waals surface area (Å²) in [6, 6.07) is 0. The monoisotopic (exact) mass is 129 g/mol. The molecule has 2 heteroatoms. The molecule has 0 rings (SSSR count). The Morgan fingerprint density at radius 1 is 1.33 bits per heavy atom. The van der Waals surface area contributed by atoms with Gasteiger partial charge in [-0.1, -0.05) is 25.4 Å². The lowest BCUT2D eigenvalue weighted by atomic mass is 10.4. The number of oxime groups is 1. The zero-order valence-corrected chi connectivity index (χ0v) is 6.26. The molecule has 0 heterocycles. The van der Waals surface area contributed by atoms with Crippen molar-refractivity contribution in [3.63, 3.8) is 0 Å². The predicted molar refractivity (Wildman–Crippen MR) is 39.6 cm³/mol. The van der Waals surface area contributed by atoms with Crippen molar-refractivity contribution in [3.8, 4) is 0 Å². The summed E-state index contributed by atoms with van der Waals surface area (Å²) < 4.78 is 0. The summed E-state index contributed by atoms with van der Waals surface area (Å²) in [5.41, 5.74) is 0. The molecule has 0 bridgehead atoms. The van der Waals surface area contributed by atoms with E-state index in [2.05, 4.69) is 19.0 Å².